The Bertz CT molecular complexity index is 622. The zero-order valence-corrected chi connectivity index (χ0v) is 14.2. The van der Waals surface area contributed by atoms with Gasteiger partial charge in [-0.1, -0.05) is 26.0 Å². The van der Waals surface area contributed by atoms with Gasteiger partial charge in [0.1, 0.15) is 11.6 Å². The van der Waals surface area contributed by atoms with Crippen molar-refractivity contribution in [3.63, 3.8) is 0 Å². The summed E-state index contributed by atoms with van der Waals surface area (Å²) in [4.78, 5) is 12.0. The largest absolute Gasteiger partial charge is 0.416 e. The molecule has 2 atom stereocenters. The normalized spacial score (nSPS) is 15.5. The Morgan fingerprint density at radius 2 is 1.96 bits per heavy atom. The highest BCUT2D eigenvalue weighted by Crippen LogP contribution is 2.30. The fraction of sp³-hybridized carbons (Fsp3) is 0.529. The maximum Gasteiger partial charge on any atom is 0.416 e. The monoisotopic (exact) mass is 342 g/mol. The number of nitrogens with two attached hydrogens (primary N) is 1. The smallest absolute Gasteiger partial charge is 0.333 e. The van der Waals surface area contributed by atoms with Crippen LogP contribution in [0.25, 0.3) is 0 Å². The maximum absolute atomic E-state index is 12.7. The second-order valence-corrected chi connectivity index (χ2v) is 6.37. The van der Waals surface area contributed by atoms with E-state index in [0.29, 0.717) is 5.56 Å². The van der Waals surface area contributed by atoms with Crippen LogP contribution in [-0.4, -0.2) is 18.0 Å². The average molecular weight is 342 g/mol. The lowest BCUT2D eigenvalue weighted by atomic mass is 9.90. The van der Waals surface area contributed by atoms with E-state index in [1.54, 1.807) is 25.2 Å². The van der Waals surface area contributed by atoms with Crippen LogP contribution in [0.4, 0.5) is 13.2 Å². The van der Waals surface area contributed by atoms with Crippen LogP contribution in [0, 0.1) is 17.2 Å². The first-order valence-corrected chi connectivity index (χ1v) is 7.72. The van der Waals surface area contributed by atoms with Crippen molar-refractivity contribution in [3.05, 3.63) is 35.4 Å². The minimum Gasteiger partial charge on any atom is -0.333 e. The van der Waals surface area contributed by atoms with Crippen molar-refractivity contribution < 1.29 is 23.3 Å². The SMILES string of the molecule is CC(C)[C@@](C)(C#N)NC(=O)C[NH2+][C@H](C)c1cccc(C(F)(F)F)c1. The fourth-order valence-corrected chi connectivity index (χ4v) is 2.06. The highest BCUT2D eigenvalue weighted by atomic mass is 19.4. The number of carbonyl (C=O) groups excluding carboxylic acids is 1. The summed E-state index contributed by atoms with van der Waals surface area (Å²) in [5.74, 6) is -0.390. The second kappa shape index (κ2) is 7.67. The molecule has 1 amide bonds. The Morgan fingerprint density at radius 3 is 2.46 bits per heavy atom. The third-order valence-electron chi connectivity index (χ3n) is 4.18. The number of halogens is 3. The van der Waals surface area contributed by atoms with E-state index in [9.17, 15) is 23.2 Å². The molecule has 0 fully saturated rings. The fourth-order valence-electron chi connectivity index (χ4n) is 2.06. The molecule has 0 aliphatic rings. The van der Waals surface area contributed by atoms with Gasteiger partial charge in [-0.15, -0.1) is 0 Å². The van der Waals surface area contributed by atoms with Gasteiger partial charge in [-0.05, 0) is 31.9 Å². The highest BCUT2D eigenvalue weighted by Gasteiger charge is 2.32. The molecular weight excluding hydrogens is 319 g/mol. The Morgan fingerprint density at radius 1 is 1.33 bits per heavy atom. The molecule has 0 bridgehead atoms. The standard InChI is InChI=1S/C17H22F3N3O/c1-11(2)16(4,10-21)23-15(24)9-22-12(3)13-6-5-7-14(8-13)17(18,19)20/h5-8,11-12,22H,9H2,1-4H3,(H,23,24)/p+1/t12-,16-/m1/s1. The van der Waals surface area contributed by atoms with Gasteiger partial charge in [0.2, 0.25) is 0 Å². The minimum absolute atomic E-state index is 0.0292. The summed E-state index contributed by atoms with van der Waals surface area (Å²) in [6.45, 7) is 7.07. The third kappa shape index (κ3) is 5.24. The van der Waals surface area contributed by atoms with E-state index in [-0.39, 0.29) is 24.4 Å². The molecular formula is C17H23F3N3O+. The van der Waals surface area contributed by atoms with Crippen molar-refractivity contribution in [2.75, 3.05) is 6.54 Å². The Kier molecular flexibility index (Phi) is 6.38. The van der Waals surface area contributed by atoms with Gasteiger partial charge in [-0.25, -0.2) is 0 Å². The van der Waals surface area contributed by atoms with E-state index in [1.807, 2.05) is 13.8 Å². The van der Waals surface area contributed by atoms with E-state index in [0.717, 1.165) is 12.1 Å². The molecule has 1 rings (SSSR count). The van der Waals surface area contributed by atoms with Crippen molar-refractivity contribution in [2.45, 2.75) is 45.5 Å². The summed E-state index contributed by atoms with van der Waals surface area (Å²) in [5, 5.41) is 13.5. The summed E-state index contributed by atoms with van der Waals surface area (Å²) in [7, 11) is 0. The number of rotatable bonds is 6. The van der Waals surface area contributed by atoms with E-state index >= 15 is 0 Å². The van der Waals surface area contributed by atoms with Gasteiger partial charge in [-0.3, -0.25) is 4.79 Å². The summed E-state index contributed by atoms with van der Waals surface area (Å²) in [6.07, 6.45) is -4.39. The number of nitrogens with zero attached hydrogens (tertiary/aromatic N) is 1. The molecule has 132 valence electrons. The number of carbonyl (C=O) groups is 1. The average Bonchev–Trinajstić information content (AvgIpc) is 2.51. The maximum atomic E-state index is 12.7. The van der Waals surface area contributed by atoms with Gasteiger partial charge in [-0.2, -0.15) is 18.4 Å². The Balaban J connectivity index is 2.68. The molecule has 0 spiro atoms. The van der Waals surface area contributed by atoms with E-state index < -0.39 is 17.3 Å². The van der Waals surface area contributed by atoms with Crippen LogP contribution in [0.5, 0.6) is 0 Å². The highest BCUT2D eigenvalue weighted by molar-refractivity contribution is 5.78. The zero-order valence-electron chi connectivity index (χ0n) is 14.2. The molecule has 7 heteroatoms. The van der Waals surface area contributed by atoms with Crippen LogP contribution in [0.15, 0.2) is 24.3 Å². The molecule has 0 saturated heterocycles. The second-order valence-electron chi connectivity index (χ2n) is 6.37. The van der Waals surface area contributed by atoms with Crippen LogP contribution in [0.1, 0.15) is 44.9 Å². The number of benzene rings is 1. The van der Waals surface area contributed by atoms with Gasteiger partial charge in [0.05, 0.1) is 11.6 Å². The van der Waals surface area contributed by atoms with Crippen molar-refractivity contribution in [1.82, 2.24) is 5.32 Å². The number of nitrogens with one attached hydrogen (secondary N) is 1. The van der Waals surface area contributed by atoms with Gasteiger partial charge in [0.25, 0.3) is 5.91 Å². The van der Waals surface area contributed by atoms with E-state index in [4.69, 9.17) is 0 Å². The molecule has 0 heterocycles. The van der Waals surface area contributed by atoms with Crippen molar-refractivity contribution in [1.29, 1.82) is 5.26 Å². The van der Waals surface area contributed by atoms with Gasteiger partial charge in [0.15, 0.2) is 6.54 Å². The van der Waals surface area contributed by atoms with Crippen molar-refractivity contribution in [2.24, 2.45) is 5.92 Å². The number of nitriles is 1. The number of alkyl halides is 3. The first-order chi connectivity index (χ1) is 11.0. The summed E-state index contributed by atoms with van der Waals surface area (Å²) < 4.78 is 38.2. The molecule has 0 aliphatic carbocycles. The molecule has 0 radical (unpaired) electrons. The zero-order chi connectivity index (χ0) is 18.5. The molecule has 0 unspecified atom stereocenters. The Labute approximate surface area is 140 Å². The first-order valence-electron chi connectivity index (χ1n) is 7.72. The topological polar surface area (TPSA) is 69.5 Å². The molecule has 0 saturated carbocycles. The van der Waals surface area contributed by atoms with Crippen LogP contribution < -0.4 is 10.6 Å². The quantitative estimate of drug-likeness (QED) is 0.833. The minimum atomic E-state index is -4.39. The van der Waals surface area contributed by atoms with Crippen molar-refractivity contribution in [3.8, 4) is 6.07 Å². The van der Waals surface area contributed by atoms with E-state index in [2.05, 4.69) is 11.4 Å². The molecule has 0 aromatic heterocycles. The lowest BCUT2D eigenvalue weighted by Crippen LogP contribution is -2.87. The number of quaternary nitrogens is 1. The summed E-state index contributed by atoms with van der Waals surface area (Å²) in [5.41, 5.74) is -1.18. The predicted molar refractivity (Wildman–Crippen MR) is 83.7 cm³/mol. The molecule has 3 N–H and O–H groups in total. The van der Waals surface area contributed by atoms with Crippen LogP contribution >= 0.6 is 0 Å². The van der Waals surface area contributed by atoms with Crippen LogP contribution in [-0.2, 0) is 11.0 Å². The number of hydrogen-bond acceptors (Lipinski definition) is 2. The molecule has 4 nitrogen and oxygen atoms in total. The first kappa shape index (κ1) is 20.0. The predicted octanol–water partition coefficient (Wildman–Crippen LogP) is 2.38. The third-order valence-corrected chi connectivity index (χ3v) is 4.18. The summed E-state index contributed by atoms with van der Waals surface area (Å²) in [6, 6.07) is 6.83. The van der Waals surface area contributed by atoms with Crippen molar-refractivity contribution >= 4 is 5.91 Å². The lowest BCUT2D eigenvalue weighted by molar-refractivity contribution is -0.682. The molecule has 1 aromatic carbocycles. The molecule has 24 heavy (non-hydrogen) atoms. The van der Waals surface area contributed by atoms with E-state index in [1.165, 1.54) is 6.07 Å². The van der Waals surface area contributed by atoms with Gasteiger partial charge < -0.3 is 10.6 Å². The number of amides is 1. The van der Waals surface area contributed by atoms with Gasteiger partial charge >= 0.3 is 6.18 Å². The van der Waals surface area contributed by atoms with Gasteiger partial charge in [0, 0.05) is 5.56 Å². The van der Waals surface area contributed by atoms with Crippen LogP contribution in [0.3, 0.4) is 0 Å². The summed E-state index contributed by atoms with van der Waals surface area (Å²) >= 11 is 0. The van der Waals surface area contributed by atoms with Crippen LogP contribution in [0.2, 0.25) is 0 Å². The number of hydrogen-bond donors (Lipinski definition) is 2. The molecule has 1 aromatic rings. The Hall–Kier alpha value is -2.07. The molecule has 0 aliphatic heterocycles. The lowest BCUT2D eigenvalue weighted by Gasteiger charge is -2.27.